The number of fused-ring (bicyclic) bond motifs is 1. The zero-order chi connectivity index (χ0) is 9.97. The Bertz CT molecular complexity index is 338. The average molecular weight is 212 g/mol. The molecule has 0 radical (unpaired) electrons. The molecule has 0 saturated heterocycles. The maximum atomic E-state index is 6.25. The lowest BCUT2D eigenvalue weighted by atomic mass is 10.0. The van der Waals surface area contributed by atoms with Gasteiger partial charge in [-0.05, 0) is 43.1 Å². The molecule has 1 heterocycles. The van der Waals surface area contributed by atoms with Gasteiger partial charge in [0.25, 0.3) is 0 Å². The summed E-state index contributed by atoms with van der Waals surface area (Å²) in [5, 5.41) is 4.15. The molecule has 0 aromatic heterocycles. The summed E-state index contributed by atoms with van der Waals surface area (Å²) in [6.07, 6.45) is 2.05. The van der Waals surface area contributed by atoms with E-state index in [1.807, 2.05) is 6.07 Å². The molecular formula is C11H14ClNO. The lowest BCUT2D eigenvalue weighted by Crippen LogP contribution is -2.16. The number of benzene rings is 1. The van der Waals surface area contributed by atoms with Gasteiger partial charge in [0.05, 0.1) is 12.1 Å². The maximum absolute atomic E-state index is 6.25. The Hall–Kier alpha value is -0.730. The van der Waals surface area contributed by atoms with Gasteiger partial charge in [0, 0.05) is 0 Å². The highest BCUT2D eigenvalue weighted by atomic mass is 35.5. The summed E-state index contributed by atoms with van der Waals surface area (Å²) in [4.78, 5) is 0. The van der Waals surface area contributed by atoms with Crippen molar-refractivity contribution >= 4 is 11.6 Å². The van der Waals surface area contributed by atoms with Gasteiger partial charge in [-0.1, -0.05) is 17.7 Å². The van der Waals surface area contributed by atoms with Crippen LogP contribution >= 0.6 is 11.6 Å². The van der Waals surface area contributed by atoms with E-state index >= 15 is 0 Å². The van der Waals surface area contributed by atoms with Crippen molar-refractivity contribution in [3.8, 4) is 5.75 Å². The Labute approximate surface area is 89.2 Å². The van der Waals surface area contributed by atoms with E-state index in [0.717, 1.165) is 36.7 Å². The van der Waals surface area contributed by atoms with Gasteiger partial charge in [0.15, 0.2) is 0 Å². The predicted molar refractivity (Wildman–Crippen MR) is 58.3 cm³/mol. The lowest BCUT2D eigenvalue weighted by molar-refractivity contribution is 0.414. The Morgan fingerprint density at radius 3 is 2.86 bits per heavy atom. The smallest absolute Gasteiger partial charge is 0.137 e. The average Bonchev–Trinajstić information content (AvgIpc) is 2.44. The van der Waals surface area contributed by atoms with Gasteiger partial charge < -0.3 is 10.1 Å². The van der Waals surface area contributed by atoms with Gasteiger partial charge in [-0.15, -0.1) is 0 Å². The van der Waals surface area contributed by atoms with E-state index in [-0.39, 0.29) is 0 Å². The van der Waals surface area contributed by atoms with Gasteiger partial charge in [0.1, 0.15) is 5.75 Å². The van der Waals surface area contributed by atoms with Crippen molar-refractivity contribution in [2.45, 2.75) is 12.8 Å². The zero-order valence-corrected chi connectivity index (χ0v) is 9.03. The van der Waals surface area contributed by atoms with Gasteiger partial charge in [0.2, 0.25) is 0 Å². The summed E-state index contributed by atoms with van der Waals surface area (Å²) in [6.45, 7) is 2.04. The number of hydrogen-bond acceptors (Lipinski definition) is 2. The largest absolute Gasteiger partial charge is 0.495 e. The second-order valence-electron chi connectivity index (χ2n) is 3.47. The molecule has 0 unspecified atom stereocenters. The highest BCUT2D eigenvalue weighted by Gasteiger charge is 2.13. The van der Waals surface area contributed by atoms with Gasteiger partial charge in [-0.2, -0.15) is 0 Å². The van der Waals surface area contributed by atoms with Crippen molar-refractivity contribution in [3.63, 3.8) is 0 Å². The van der Waals surface area contributed by atoms with Gasteiger partial charge in [-0.25, -0.2) is 0 Å². The number of halogens is 1. The van der Waals surface area contributed by atoms with Crippen molar-refractivity contribution in [3.05, 3.63) is 28.3 Å². The minimum Gasteiger partial charge on any atom is -0.495 e. The van der Waals surface area contributed by atoms with Crippen molar-refractivity contribution in [1.82, 2.24) is 5.32 Å². The standard InChI is InChI=1S/C11H14ClNO/c1-14-10-3-2-8-4-6-13-7-5-9(8)11(10)12/h2-3,13H,4-7H2,1H3. The fraction of sp³-hybridized carbons (Fsp3) is 0.455. The topological polar surface area (TPSA) is 21.3 Å². The maximum Gasteiger partial charge on any atom is 0.137 e. The first kappa shape index (κ1) is 9.81. The van der Waals surface area contributed by atoms with Crippen LogP contribution in [0.1, 0.15) is 11.1 Å². The second kappa shape index (κ2) is 4.20. The molecule has 0 atom stereocenters. The summed E-state index contributed by atoms with van der Waals surface area (Å²) in [5.41, 5.74) is 2.59. The van der Waals surface area contributed by atoms with E-state index in [9.17, 15) is 0 Å². The molecule has 1 N–H and O–H groups in total. The fourth-order valence-electron chi connectivity index (χ4n) is 1.86. The van der Waals surface area contributed by atoms with Gasteiger partial charge in [-0.3, -0.25) is 0 Å². The first-order valence-corrected chi connectivity index (χ1v) is 5.25. The van der Waals surface area contributed by atoms with Crippen molar-refractivity contribution in [1.29, 1.82) is 0 Å². The van der Waals surface area contributed by atoms with E-state index in [1.54, 1.807) is 7.11 Å². The minimum absolute atomic E-state index is 0.785. The van der Waals surface area contributed by atoms with Crippen LogP contribution in [0.25, 0.3) is 0 Å². The first-order valence-electron chi connectivity index (χ1n) is 4.88. The van der Waals surface area contributed by atoms with Crippen LogP contribution in [0.15, 0.2) is 12.1 Å². The lowest BCUT2D eigenvalue weighted by Gasteiger charge is -2.10. The molecule has 0 fully saturated rings. The second-order valence-corrected chi connectivity index (χ2v) is 3.85. The third-order valence-corrected chi connectivity index (χ3v) is 3.06. The Morgan fingerprint density at radius 2 is 2.07 bits per heavy atom. The SMILES string of the molecule is COc1ccc2c(c1Cl)CCNCC2. The van der Waals surface area contributed by atoms with Crippen molar-refractivity contribution in [2.24, 2.45) is 0 Å². The molecule has 1 aliphatic heterocycles. The zero-order valence-electron chi connectivity index (χ0n) is 8.27. The Morgan fingerprint density at radius 1 is 1.29 bits per heavy atom. The summed E-state index contributed by atoms with van der Waals surface area (Å²) in [5.74, 6) is 0.785. The highest BCUT2D eigenvalue weighted by Crippen LogP contribution is 2.31. The van der Waals surface area contributed by atoms with E-state index in [4.69, 9.17) is 16.3 Å². The van der Waals surface area contributed by atoms with Crippen LogP contribution in [0, 0.1) is 0 Å². The molecule has 2 nitrogen and oxygen atoms in total. The predicted octanol–water partition coefficient (Wildman–Crippen LogP) is 2.04. The molecule has 1 aromatic rings. The van der Waals surface area contributed by atoms with Crippen LogP contribution in [-0.2, 0) is 12.8 Å². The van der Waals surface area contributed by atoms with Gasteiger partial charge >= 0.3 is 0 Å². The Kier molecular flexibility index (Phi) is 2.94. The van der Waals surface area contributed by atoms with Crippen molar-refractivity contribution < 1.29 is 4.74 Å². The third-order valence-electron chi connectivity index (χ3n) is 2.65. The van der Waals surface area contributed by atoms with Crippen LogP contribution in [0.3, 0.4) is 0 Å². The van der Waals surface area contributed by atoms with Crippen LogP contribution in [0.2, 0.25) is 5.02 Å². The van der Waals surface area contributed by atoms with E-state index in [2.05, 4.69) is 11.4 Å². The Balaban J connectivity index is 2.44. The van der Waals surface area contributed by atoms with Crippen LogP contribution in [-0.4, -0.2) is 20.2 Å². The van der Waals surface area contributed by atoms with Crippen molar-refractivity contribution in [2.75, 3.05) is 20.2 Å². The molecule has 0 spiro atoms. The van der Waals surface area contributed by atoms with Crippen LogP contribution in [0.4, 0.5) is 0 Å². The van der Waals surface area contributed by atoms with Crippen LogP contribution < -0.4 is 10.1 Å². The molecule has 76 valence electrons. The molecule has 1 aliphatic rings. The van der Waals surface area contributed by atoms with E-state index < -0.39 is 0 Å². The monoisotopic (exact) mass is 211 g/mol. The molecule has 2 rings (SSSR count). The third kappa shape index (κ3) is 1.72. The molecule has 14 heavy (non-hydrogen) atoms. The van der Waals surface area contributed by atoms with Crippen LogP contribution in [0.5, 0.6) is 5.75 Å². The highest BCUT2D eigenvalue weighted by molar-refractivity contribution is 6.33. The van der Waals surface area contributed by atoms with E-state index in [1.165, 1.54) is 11.1 Å². The summed E-state index contributed by atoms with van der Waals surface area (Å²) >= 11 is 6.25. The first-order chi connectivity index (χ1) is 6.83. The molecule has 0 saturated carbocycles. The number of hydrogen-bond donors (Lipinski definition) is 1. The normalized spacial score (nSPS) is 15.9. The number of ether oxygens (including phenoxy) is 1. The fourth-order valence-corrected chi connectivity index (χ4v) is 2.22. The molecule has 1 aromatic carbocycles. The number of methoxy groups -OCH3 is 1. The summed E-state index contributed by atoms with van der Waals surface area (Å²) in [7, 11) is 1.66. The molecular weight excluding hydrogens is 198 g/mol. The summed E-state index contributed by atoms with van der Waals surface area (Å²) in [6, 6.07) is 4.07. The number of rotatable bonds is 1. The molecule has 0 bridgehead atoms. The van der Waals surface area contributed by atoms with E-state index in [0.29, 0.717) is 0 Å². The molecule has 0 amide bonds. The number of nitrogens with one attached hydrogen (secondary N) is 1. The summed E-state index contributed by atoms with van der Waals surface area (Å²) < 4.78 is 5.20. The molecule has 3 heteroatoms. The quantitative estimate of drug-likeness (QED) is 0.768. The minimum atomic E-state index is 0.785. The molecule has 0 aliphatic carbocycles.